The highest BCUT2D eigenvalue weighted by molar-refractivity contribution is 8.00. The zero-order valence-electron chi connectivity index (χ0n) is 13.0. The lowest BCUT2D eigenvalue weighted by Crippen LogP contribution is -2.24. The van der Waals surface area contributed by atoms with Crippen LogP contribution in [0.3, 0.4) is 0 Å². The Morgan fingerprint density at radius 3 is 2.86 bits per heavy atom. The molecule has 6 heteroatoms. The molecular formula is C16H20N4OS. The predicted octanol–water partition coefficient (Wildman–Crippen LogP) is 3.21. The van der Waals surface area contributed by atoms with E-state index in [1.54, 1.807) is 0 Å². The molecule has 1 atom stereocenters. The van der Waals surface area contributed by atoms with Gasteiger partial charge in [0.15, 0.2) is 5.16 Å². The lowest BCUT2D eigenvalue weighted by atomic mass is 10.1. The summed E-state index contributed by atoms with van der Waals surface area (Å²) in [6.07, 6.45) is 1.69. The van der Waals surface area contributed by atoms with Gasteiger partial charge in [-0.1, -0.05) is 30.0 Å². The van der Waals surface area contributed by atoms with Crippen molar-refractivity contribution in [3.63, 3.8) is 0 Å². The van der Waals surface area contributed by atoms with Crippen molar-refractivity contribution in [3.05, 3.63) is 35.7 Å². The molecule has 1 aromatic carbocycles. The highest BCUT2D eigenvalue weighted by Gasteiger charge is 2.27. The van der Waals surface area contributed by atoms with Crippen LogP contribution in [-0.4, -0.2) is 25.9 Å². The number of hydrogen-bond donors (Lipinski definition) is 1. The first-order valence-electron chi connectivity index (χ1n) is 7.53. The molecule has 0 bridgehead atoms. The molecule has 0 aliphatic carbocycles. The third-order valence-corrected chi connectivity index (χ3v) is 5.07. The summed E-state index contributed by atoms with van der Waals surface area (Å²) in [6, 6.07) is 8.27. The molecule has 1 aromatic heterocycles. The van der Waals surface area contributed by atoms with Gasteiger partial charge < -0.3 is 9.88 Å². The van der Waals surface area contributed by atoms with Crippen molar-refractivity contribution in [1.29, 1.82) is 0 Å². The molecule has 0 radical (unpaired) electrons. The van der Waals surface area contributed by atoms with Crippen molar-refractivity contribution in [2.75, 3.05) is 5.32 Å². The number of anilines is 1. The third kappa shape index (κ3) is 2.88. The lowest BCUT2D eigenvalue weighted by Gasteiger charge is -2.15. The van der Waals surface area contributed by atoms with E-state index in [0.717, 1.165) is 29.5 Å². The summed E-state index contributed by atoms with van der Waals surface area (Å²) < 4.78 is 2.08. The van der Waals surface area contributed by atoms with Crippen molar-refractivity contribution in [1.82, 2.24) is 14.8 Å². The molecule has 1 aliphatic heterocycles. The number of para-hydroxylation sites is 1. The number of aromatic nitrogens is 3. The molecule has 116 valence electrons. The van der Waals surface area contributed by atoms with Crippen LogP contribution in [0.2, 0.25) is 0 Å². The van der Waals surface area contributed by atoms with Crippen LogP contribution in [0, 0.1) is 6.92 Å². The summed E-state index contributed by atoms with van der Waals surface area (Å²) in [7, 11) is 0. The highest BCUT2D eigenvalue weighted by Crippen LogP contribution is 2.32. The summed E-state index contributed by atoms with van der Waals surface area (Å²) in [5, 5.41) is 12.1. The summed E-state index contributed by atoms with van der Waals surface area (Å²) in [5.41, 5.74) is 2.12. The second kappa shape index (κ2) is 6.12. The maximum atomic E-state index is 12.5. The Bertz CT molecular complexity index is 695. The SMILES string of the molecule is Cc1nnc(SC2CCc3ccccc3NC2=O)n1C(C)C. The van der Waals surface area contributed by atoms with Gasteiger partial charge >= 0.3 is 0 Å². The molecule has 3 rings (SSSR count). The van der Waals surface area contributed by atoms with Crippen molar-refractivity contribution in [2.24, 2.45) is 0 Å². The van der Waals surface area contributed by atoms with Gasteiger partial charge in [0.25, 0.3) is 0 Å². The first kappa shape index (κ1) is 15.1. The van der Waals surface area contributed by atoms with Gasteiger partial charge in [0.1, 0.15) is 5.82 Å². The fourth-order valence-electron chi connectivity index (χ4n) is 2.76. The van der Waals surface area contributed by atoms with E-state index in [0.29, 0.717) is 0 Å². The smallest absolute Gasteiger partial charge is 0.237 e. The number of rotatable bonds is 3. The van der Waals surface area contributed by atoms with Gasteiger partial charge in [-0.15, -0.1) is 10.2 Å². The van der Waals surface area contributed by atoms with Crippen LogP contribution in [0.1, 0.15) is 37.7 Å². The van der Waals surface area contributed by atoms with Crippen LogP contribution < -0.4 is 5.32 Å². The topological polar surface area (TPSA) is 59.8 Å². The van der Waals surface area contributed by atoms with Crippen LogP contribution in [0.15, 0.2) is 29.4 Å². The van der Waals surface area contributed by atoms with E-state index < -0.39 is 0 Å². The maximum Gasteiger partial charge on any atom is 0.237 e. The molecule has 0 saturated carbocycles. The largest absolute Gasteiger partial charge is 0.325 e. The fourth-order valence-corrected chi connectivity index (χ4v) is 3.96. The monoisotopic (exact) mass is 316 g/mol. The van der Waals surface area contributed by atoms with E-state index in [-0.39, 0.29) is 17.2 Å². The summed E-state index contributed by atoms with van der Waals surface area (Å²) in [5.74, 6) is 0.931. The lowest BCUT2D eigenvalue weighted by molar-refractivity contribution is -0.115. The Hall–Kier alpha value is -1.82. The van der Waals surface area contributed by atoms with E-state index in [1.807, 2.05) is 25.1 Å². The molecule has 1 amide bonds. The average Bonchev–Trinajstić information content (AvgIpc) is 2.77. The van der Waals surface area contributed by atoms with Gasteiger partial charge in [-0.2, -0.15) is 0 Å². The number of benzene rings is 1. The second-order valence-corrected chi connectivity index (χ2v) is 6.95. The number of fused-ring (bicyclic) bond motifs is 1. The molecular weight excluding hydrogens is 296 g/mol. The Labute approximate surface area is 134 Å². The number of amides is 1. The van der Waals surface area contributed by atoms with Gasteiger partial charge in [0.2, 0.25) is 5.91 Å². The zero-order valence-corrected chi connectivity index (χ0v) is 13.9. The van der Waals surface area contributed by atoms with Crippen molar-refractivity contribution >= 4 is 23.4 Å². The molecule has 1 unspecified atom stereocenters. The van der Waals surface area contributed by atoms with Gasteiger partial charge in [-0.05, 0) is 45.2 Å². The molecule has 0 saturated heterocycles. The summed E-state index contributed by atoms with van der Waals surface area (Å²) in [4.78, 5) is 12.5. The summed E-state index contributed by atoms with van der Waals surface area (Å²) in [6.45, 7) is 6.15. The van der Waals surface area contributed by atoms with Crippen LogP contribution in [0.25, 0.3) is 0 Å². The normalized spacial score (nSPS) is 18.0. The van der Waals surface area contributed by atoms with Crippen molar-refractivity contribution in [2.45, 2.75) is 50.1 Å². The van der Waals surface area contributed by atoms with Crippen molar-refractivity contribution in [3.8, 4) is 0 Å². The number of carbonyl (C=O) groups excluding carboxylic acids is 1. The zero-order chi connectivity index (χ0) is 15.7. The van der Waals surface area contributed by atoms with E-state index >= 15 is 0 Å². The number of nitrogens with one attached hydrogen (secondary N) is 1. The maximum absolute atomic E-state index is 12.5. The Morgan fingerprint density at radius 1 is 1.32 bits per heavy atom. The predicted molar refractivity (Wildman–Crippen MR) is 88.2 cm³/mol. The van der Waals surface area contributed by atoms with Gasteiger partial charge in [0, 0.05) is 11.7 Å². The van der Waals surface area contributed by atoms with E-state index in [9.17, 15) is 4.79 Å². The first-order valence-corrected chi connectivity index (χ1v) is 8.41. The molecule has 1 aliphatic rings. The molecule has 0 fully saturated rings. The highest BCUT2D eigenvalue weighted by atomic mass is 32.2. The Balaban J connectivity index is 1.81. The fraction of sp³-hybridized carbons (Fsp3) is 0.438. The molecule has 1 N–H and O–H groups in total. The van der Waals surface area contributed by atoms with Gasteiger partial charge in [0.05, 0.1) is 5.25 Å². The number of thioether (sulfide) groups is 1. The van der Waals surface area contributed by atoms with Gasteiger partial charge in [-0.25, -0.2) is 0 Å². The summed E-state index contributed by atoms with van der Waals surface area (Å²) >= 11 is 1.51. The third-order valence-electron chi connectivity index (χ3n) is 3.84. The average molecular weight is 316 g/mol. The molecule has 2 aromatic rings. The Kier molecular flexibility index (Phi) is 4.20. The van der Waals surface area contributed by atoms with E-state index in [2.05, 4.69) is 40.0 Å². The minimum absolute atomic E-state index is 0.0471. The first-order chi connectivity index (χ1) is 10.6. The van der Waals surface area contributed by atoms with E-state index in [1.165, 1.54) is 17.3 Å². The second-order valence-electron chi connectivity index (χ2n) is 5.79. The van der Waals surface area contributed by atoms with Crippen molar-refractivity contribution < 1.29 is 4.79 Å². The number of hydrogen-bond acceptors (Lipinski definition) is 4. The Morgan fingerprint density at radius 2 is 2.09 bits per heavy atom. The number of aryl methyl sites for hydroxylation is 2. The standard InChI is InChI=1S/C16H20N4OS/c1-10(2)20-11(3)18-19-16(20)22-14-9-8-12-6-4-5-7-13(12)17-15(14)21/h4-7,10,14H,8-9H2,1-3H3,(H,17,21). The number of carbonyl (C=O) groups is 1. The van der Waals surface area contributed by atoms with Crippen LogP contribution in [0.5, 0.6) is 0 Å². The van der Waals surface area contributed by atoms with Crippen LogP contribution in [-0.2, 0) is 11.2 Å². The van der Waals surface area contributed by atoms with E-state index in [4.69, 9.17) is 0 Å². The molecule has 5 nitrogen and oxygen atoms in total. The van der Waals surface area contributed by atoms with Gasteiger partial charge in [-0.3, -0.25) is 4.79 Å². The minimum atomic E-state index is -0.145. The van der Waals surface area contributed by atoms with Crippen LogP contribution >= 0.6 is 11.8 Å². The number of nitrogens with zero attached hydrogens (tertiary/aromatic N) is 3. The molecule has 2 heterocycles. The minimum Gasteiger partial charge on any atom is -0.325 e. The molecule has 22 heavy (non-hydrogen) atoms. The van der Waals surface area contributed by atoms with Crippen LogP contribution in [0.4, 0.5) is 5.69 Å². The molecule has 0 spiro atoms. The quantitative estimate of drug-likeness (QED) is 0.944.